The normalized spacial score (nSPS) is 11.0. The van der Waals surface area contributed by atoms with Crippen LogP contribution in [0.4, 0.5) is 5.69 Å². The van der Waals surface area contributed by atoms with Gasteiger partial charge in [0.1, 0.15) is 6.34 Å². The molecule has 0 amide bonds. The Bertz CT molecular complexity index is 608. The Hall–Kier alpha value is -1.45. The van der Waals surface area contributed by atoms with Crippen LogP contribution in [-0.4, -0.2) is 17.7 Å². The van der Waals surface area contributed by atoms with E-state index < -0.39 is 0 Å². The van der Waals surface area contributed by atoms with Crippen molar-refractivity contribution in [2.24, 2.45) is 4.99 Å². The van der Waals surface area contributed by atoms with Gasteiger partial charge >= 0.3 is 0 Å². The molecule has 2 aromatic carbocycles. The van der Waals surface area contributed by atoms with Crippen LogP contribution < -0.4 is 0 Å². The molecule has 0 bridgehead atoms. The molecule has 104 valence electrons. The highest BCUT2D eigenvalue weighted by Crippen LogP contribution is 2.23. The molecule has 0 aliphatic heterocycles. The summed E-state index contributed by atoms with van der Waals surface area (Å²) in [5.74, 6) is 0. The van der Waals surface area contributed by atoms with E-state index >= 15 is 0 Å². The number of nitrogens with zero attached hydrogens (tertiary/aromatic N) is 2. The van der Waals surface area contributed by atoms with Crippen LogP contribution in [0.15, 0.2) is 52.4 Å². The topological polar surface area (TPSA) is 15.6 Å². The van der Waals surface area contributed by atoms with E-state index in [4.69, 9.17) is 11.6 Å². The van der Waals surface area contributed by atoms with Crippen molar-refractivity contribution in [1.82, 2.24) is 4.31 Å². The third-order valence-electron chi connectivity index (χ3n) is 2.79. The minimum Gasteiger partial charge on any atom is -0.306 e. The monoisotopic (exact) mass is 304 g/mol. The molecule has 0 fully saturated rings. The van der Waals surface area contributed by atoms with Crippen LogP contribution in [0.25, 0.3) is 0 Å². The molecule has 0 aliphatic rings. The Balaban J connectivity index is 2.03. The SMILES string of the molecule is Cc1ccc(C)c(N=CN(C)Sc2ccc(Cl)cc2)c1. The summed E-state index contributed by atoms with van der Waals surface area (Å²) in [5, 5.41) is 0.751. The molecule has 0 saturated heterocycles. The Morgan fingerprint density at radius 1 is 1.10 bits per heavy atom. The van der Waals surface area contributed by atoms with E-state index in [1.807, 2.05) is 42.0 Å². The van der Waals surface area contributed by atoms with Crippen molar-refractivity contribution in [1.29, 1.82) is 0 Å². The van der Waals surface area contributed by atoms with E-state index in [1.165, 1.54) is 11.1 Å². The molecular formula is C16H17ClN2S. The minimum absolute atomic E-state index is 0.751. The molecule has 2 aromatic rings. The molecular weight excluding hydrogens is 288 g/mol. The summed E-state index contributed by atoms with van der Waals surface area (Å²) < 4.78 is 1.98. The van der Waals surface area contributed by atoms with Gasteiger partial charge in [-0.3, -0.25) is 0 Å². The summed E-state index contributed by atoms with van der Waals surface area (Å²) in [5.41, 5.74) is 3.40. The number of benzene rings is 2. The van der Waals surface area contributed by atoms with Crippen LogP contribution >= 0.6 is 23.5 Å². The Morgan fingerprint density at radius 2 is 1.80 bits per heavy atom. The van der Waals surface area contributed by atoms with Gasteiger partial charge in [-0.1, -0.05) is 23.7 Å². The highest BCUT2D eigenvalue weighted by Gasteiger charge is 1.99. The second-order valence-corrected chi connectivity index (χ2v) is 6.29. The van der Waals surface area contributed by atoms with E-state index in [-0.39, 0.29) is 0 Å². The molecule has 0 saturated carbocycles. The summed E-state index contributed by atoms with van der Waals surface area (Å²) in [6, 6.07) is 14.0. The molecule has 0 aliphatic carbocycles. The molecule has 0 radical (unpaired) electrons. The van der Waals surface area contributed by atoms with Gasteiger partial charge in [0, 0.05) is 17.0 Å². The Morgan fingerprint density at radius 3 is 2.50 bits per heavy atom. The van der Waals surface area contributed by atoms with Crippen LogP contribution in [0.2, 0.25) is 5.02 Å². The number of halogens is 1. The first-order valence-electron chi connectivity index (χ1n) is 6.32. The lowest BCUT2D eigenvalue weighted by Gasteiger charge is -2.11. The first-order chi connectivity index (χ1) is 9.54. The van der Waals surface area contributed by atoms with Gasteiger partial charge in [0.05, 0.1) is 5.69 Å². The molecule has 4 heteroatoms. The number of rotatable bonds is 4. The number of hydrogen-bond donors (Lipinski definition) is 0. The van der Waals surface area contributed by atoms with E-state index in [2.05, 4.69) is 37.0 Å². The lowest BCUT2D eigenvalue weighted by molar-refractivity contribution is 0.869. The lowest BCUT2D eigenvalue weighted by atomic mass is 10.1. The second kappa shape index (κ2) is 6.82. The molecule has 0 heterocycles. The van der Waals surface area contributed by atoms with Crippen molar-refractivity contribution in [3.8, 4) is 0 Å². The van der Waals surface area contributed by atoms with Crippen LogP contribution in [-0.2, 0) is 0 Å². The molecule has 0 aromatic heterocycles. The molecule has 0 unspecified atom stereocenters. The summed E-state index contributed by atoms with van der Waals surface area (Å²) in [6.45, 7) is 4.14. The van der Waals surface area contributed by atoms with Crippen LogP contribution in [0.1, 0.15) is 11.1 Å². The highest BCUT2D eigenvalue weighted by molar-refractivity contribution is 7.97. The van der Waals surface area contributed by atoms with Gasteiger partial charge in [-0.05, 0) is 67.3 Å². The average Bonchev–Trinajstić information content (AvgIpc) is 2.42. The van der Waals surface area contributed by atoms with Gasteiger partial charge in [-0.25, -0.2) is 4.99 Å². The van der Waals surface area contributed by atoms with Gasteiger partial charge in [0.25, 0.3) is 0 Å². The van der Waals surface area contributed by atoms with Gasteiger partial charge < -0.3 is 4.31 Å². The maximum atomic E-state index is 5.87. The van der Waals surface area contributed by atoms with E-state index in [0.29, 0.717) is 0 Å². The van der Waals surface area contributed by atoms with Gasteiger partial charge in [0.15, 0.2) is 0 Å². The maximum absolute atomic E-state index is 5.87. The van der Waals surface area contributed by atoms with E-state index in [0.717, 1.165) is 15.6 Å². The van der Waals surface area contributed by atoms with Gasteiger partial charge in [-0.2, -0.15) is 0 Å². The zero-order chi connectivity index (χ0) is 14.5. The van der Waals surface area contributed by atoms with E-state index in [9.17, 15) is 0 Å². The lowest BCUT2D eigenvalue weighted by Crippen LogP contribution is -2.04. The van der Waals surface area contributed by atoms with Crippen molar-refractivity contribution in [3.63, 3.8) is 0 Å². The average molecular weight is 305 g/mol. The van der Waals surface area contributed by atoms with E-state index in [1.54, 1.807) is 11.9 Å². The molecule has 2 nitrogen and oxygen atoms in total. The van der Waals surface area contributed by atoms with Crippen molar-refractivity contribution >= 4 is 35.6 Å². The van der Waals surface area contributed by atoms with Gasteiger partial charge in [-0.15, -0.1) is 0 Å². The van der Waals surface area contributed by atoms with Crippen molar-refractivity contribution in [3.05, 3.63) is 58.6 Å². The fourth-order valence-corrected chi connectivity index (χ4v) is 2.50. The predicted molar refractivity (Wildman–Crippen MR) is 89.1 cm³/mol. The number of aliphatic imine (C=N–C) groups is 1. The maximum Gasteiger partial charge on any atom is 0.101 e. The van der Waals surface area contributed by atoms with Crippen LogP contribution in [0, 0.1) is 13.8 Å². The fourth-order valence-electron chi connectivity index (χ4n) is 1.69. The van der Waals surface area contributed by atoms with Crippen LogP contribution in [0.5, 0.6) is 0 Å². The summed E-state index contributed by atoms with van der Waals surface area (Å²) in [6.07, 6.45) is 1.83. The zero-order valence-corrected chi connectivity index (χ0v) is 13.4. The van der Waals surface area contributed by atoms with Gasteiger partial charge in [0.2, 0.25) is 0 Å². The predicted octanol–water partition coefficient (Wildman–Crippen LogP) is 5.26. The standard InChI is InChI=1S/C16H17ClN2S/c1-12-4-5-13(2)16(10-12)18-11-19(3)20-15-8-6-14(17)7-9-15/h4-11H,1-3H3. The molecule has 20 heavy (non-hydrogen) atoms. The quantitative estimate of drug-likeness (QED) is 0.435. The fraction of sp³-hybridized carbons (Fsp3) is 0.188. The number of aryl methyl sites for hydroxylation is 2. The minimum atomic E-state index is 0.751. The van der Waals surface area contributed by atoms with Crippen molar-refractivity contribution in [2.75, 3.05) is 7.05 Å². The summed E-state index contributed by atoms with van der Waals surface area (Å²) in [7, 11) is 1.98. The van der Waals surface area contributed by atoms with Crippen LogP contribution in [0.3, 0.4) is 0 Å². The highest BCUT2D eigenvalue weighted by atomic mass is 35.5. The van der Waals surface area contributed by atoms with Crippen molar-refractivity contribution < 1.29 is 0 Å². The molecule has 2 rings (SSSR count). The Kier molecular flexibility index (Phi) is 5.10. The first kappa shape index (κ1) is 14.9. The number of hydrogen-bond acceptors (Lipinski definition) is 2. The molecule has 0 atom stereocenters. The second-order valence-electron chi connectivity index (χ2n) is 4.63. The Labute approximate surface area is 129 Å². The largest absolute Gasteiger partial charge is 0.306 e. The third kappa shape index (κ3) is 4.29. The van der Waals surface area contributed by atoms with Crippen molar-refractivity contribution in [2.45, 2.75) is 18.7 Å². The third-order valence-corrected chi connectivity index (χ3v) is 3.90. The zero-order valence-electron chi connectivity index (χ0n) is 11.8. The summed E-state index contributed by atoms with van der Waals surface area (Å²) in [4.78, 5) is 5.66. The molecule has 0 N–H and O–H groups in total. The first-order valence-corrected chi connectivity index (χ1v) is 7.47. The smallest absolute Gasteiger partial charge is 0.101 e. The molecule has 0 spiro atoms. The summed E-state index contributed by atoms with van der Waals surface area (Å²) >= 11 is 7.48.